The molecule has 0 aliphatic carbocycles. The minimum atomic E-state index is -0.778. The zero-order valence-corrected chi connectivity index (χ0v) is 13.4. The van der Waals surface area contributed by atoms with Crippen molar-refractivity contribution in [3.63, 3.8) is 0 Å². The van der Waals surface area contributed by atoms with Crippen LogP contribution < -0.4 is 9.91 Å². The average molecular weight is 320 g/mol. The summed E-state index contributed by atoms with van der Waals surface area (Å²) in [6.45, 7) is 3.95. The van der Waals surface area contributed by atoms with E-state index in [4.69, 9.17) is 0 Å². The number of nitrogens with zero attached hydrogens (tertiary/aromatic N) is 4. The van der Waals surface area contributed by atoms with Gasteiger partial charge in [-0.1, -0.05) is 29.5 Å². The summed E-state index contributed by atoms with van der Waals surface area (Å²) in [4.78, 5) is 26.8. The molecule has 0 radical (unpaired) electrons. The second-order valence-electron chi connectivity index (χ2n) is 6.06. The molecule has 2 heterocycles. The van der Waals surface area contributed by atoms with Gasteiger partial charge in [-0.2, -0.15) is 5.11 Å². The van der Waals surface area contributed by atoms with Gasteiger partial charge in [0.1, 0.15) is 0 Å². The van der Waals surface area contributed by atoms with E-state index in [9.17, 15) is 9.59 Å². The highest BCUT2D eigenvalue weighted by atomic mass is 16.2. The molecule has 6 nitrogen and oxygen atoms in total. The van der Waals surface area contributed by atoms with Crippen molar-refractivity contribution < 1.29 is 9.59 Å². The molecule has 2 aromatic carbocycles. The molecule has 24 heavy (non-hydrogen) atoms. The molecule has 1 fully saturated rings. The van der Waals surface area contributed by atoms with Crippen LogP contribution in [0.3, 0.4) is 0 Å². The van der Waals surface area contributed by atoms with Crippen molar-refractivity contribution in [1.82, 2.24) is 0 Å². The van der Waals surface area contributed by atoms with Crippen LogP contribution in [-0.4, -0.2) is 23.9 Å². The number of hydrogen-bond donors (Lipinski definition) is 0. The molecule has 2 aromatic rings. The Morgan fingerprint density at radius 3 is 2.33 bits per heavy atom. The van der Waals surface area contributed by atoms with Crippen LogP contribution in [0.1, 0.15) is 11.1 Å². The quantitative estimate of drug-likeness (QED) is 0.799. The van der Waals surface area contributed by atoms with Crippen molar-refractivity contribution >= 4 is 23.2 Å². The summed E-state index contributed by atoms with van der Waals surface area (Å²) < 4.78 is 0. The van der Waals surface area contributed by atoms with Gasteiger partial charge in [0, 0.05) is 0 Å². The number of aryl methyl sites for hydroxylation is 2. The number of imide groups is 1. The monoisotopic (exact) mass is 320 g/mol. The first-order valence-corrected chi connectivity index (χ1v) is 7.78. The lowest BCUT2D eigenvalue weighted by Crippen LogP contribution is -2.39. The van der Waals surface area contributed by atoms with Crippen molar-refractivity contribution in [1.29, 1.82) is 0 Å². The van der Waals surface area contributed by atoms with Gasteiger partial charge in [0.25, 0.3) is 11.8 Å². The third-order valence-electron chi connectivity index (χ3n) is 4.55. The number of carbonyl (C=O) groups is 2. The van der Waals surface area contributed by atoms with Crippen LogP contribution in [-0.2, 0) is 9.59 Å². The molecule has 0 bridgehead atoms. The van der Waals surface area contributed by atoms with Gasteiger partial charge in [-0.15, -0.1) is 0 Å². The smallest absolute Gasteiger partial charge is 0.263 e. The summed E-state index contributed by atoms with van der Waals surface area (Å²) >= 11 is 0. The molecular weight excluding hydrogens is 304 g/mol. The Balaban J connectivity index is 1.72. The number of para-hydroxylation sites is 1. The zero-order valence-electron chi connectivity index (χ0n) is 13.4. The summed E-state index contributed by atoms with van der Waals surface area (Å²) in [6, 6.07) is 13.4. The van der Waals surface area contributed by atoms with E-state index in [1.54, 1.807) is 6.07 Å². The Hall–Kier alpha value is -3.02. The van der Waals surface area contributed by atoms with E-state index >= 15 is 0 Å². The summed E-state index contributed by atoms with van der Waals surface area (Å²) in [5.41, 5.74) is 3.48. The number of amides is 2. The van der Waals surface area contributed by atoms with Crippen molar-refractivity contribution in [3.8, 4) is 0 Å². The van der Waals surface area contributed by atoms with Gasteiger partial charge in [0.05, 0.1) is 11.4 Å². The van der Waals surface area contributed by atoms with E-state index in [-0.39, 0.29) is 11.8 Å². The van der Waals surface area contributed by atoms with E-state index < -0.39 is 12.1 Å². The SMILES string of the molecule is Cc1ccc(N2C(=O)[C@H]3N=NN(c4ccccc4)[C@@H]3C2=O)cc1C. The third-order valence-corrected chi connectivity index (χ3v) is 4.55. The Bertz CT molecular complexity index is 863. The predicted octanol–water partition coefficient (Wildman–Crippen LogP) is 2.80. The van der Waals surface area contributed by atoms with Gasteiger partial charge < -0.3 is 0 Å². The maximum absolute atomic E-state index is 12.9. The van der Waals surface area contributed by atoms with E-state index in [1.807, 2.05) is 56.3 Å². The Labute approximate surface area is 139 Å². The van der Waals surface area contributed by atoms with Crippen LogP contribution in [0.2, 0.25) is 0 Å². The van der Waals surface area contributed by atoms with Crippen molar-refractivity contribution in [2.24, 2.45) is 10.3 Å². The topological polar surface area (TPSA) is 65.3 Å². The molecule has 120 valence electrons. The summed E-state index contributed by atoms with van der Waals surface area (Å²) in [5, 5.41) is 9.62. The number of benzene rings is 2. The normalized spacial score (nSPS) is 22.4. The highest BCUT2D eigenvalue weighted by molar-refractivity contribution is 6.26. The molecular formula is C18H16N4O2. The van der Waals surface area contributed by atoms with Gasteiger partial charge >= 0.3 is 0 Å². The Morgan fingerprint density at radius 2 is 1.62 bits per heavy atom. The van der Waals surface area contributed by atoms with Crippen LogP contribution in [0.4, 0.5) is 11.4 Å². The molecule has 1 saturated heterocycles. The van der Waals surface area contributed by atoms with Crippen LogP contribution in [0.25, 0.3) is 0 Å². The molecule has 6 heteroatoms. The standard InChI is InChI=1S/C18H16N4O2/c1-11-8-9-14(10-12(11)2)21-17(23)15-16(18(21)24)22(20-19-15)13-6-4-3-5-7-13/h3-10,15-16H,1-2H3/t15-,16-/m0/s1. The molecule has 0 spiro atoms. The van der Waals surface area contributed by atoms with Gasteiger partial charge in [0.15, 0.2) is 12.1 Å². The first-order valence-electron chi connectivity index (χ1n) is 7.78. The zero-order chi connectivity index (χ0) is 16.8. The lowest BCUT2D eigenvalue weighted by atomic mass is 10.1. The van der Waals surface area contributed by atoms with Crippen LogP contribution >= 0.6 is 0 Å². The highest BCUT2D eigenvalue weighted by Gasteiger charge is 2.55. The van der Waals surface area contributed by atoms with Crippen LogP contribution in [0.15, 0.2) is 58.9 Å². The van der Waals surface area contributed by atoms with Crippen molar-refractivity contribution in [2.75, 3.05) is 9.91 Å². The highest BCUT2D eigenvalue weighted by Crippen LogP contribution is 2.35. The molecule has 2 aliphatic heterocycles. The van der Waals surface area contributed by atoms with E-state index in [0.717, 1.165) is 16.8 Å². The molecule has 2 atom stereocenters. The van der Waals surface area contributed by atoms with E-state index in [0.29, 0.717) is 5.69 Å². The minimum absolute atomic E-state index is 0.290. The van der Waals surface area contributed by atoms with E-state index in [2.05, 4.69) is 10.3 Å². The molecule has 2 aliphatic rings. The second kappa shape index (κ2) is 5.26. The lowest BCUT2D eigenvalue weighted by Gasteiger charge is -2.20. The Morgan fingerprint density at radius 1 is 0.875 bits per heavy atom. The molecule has 4 rings (SSSR count). The van der Waals surface area contributed by atoms with Crippen molar-refractivity contribution in [3.05, 3.63) is 59.7 Å². The molecule has 0 saturated carbocycles. The fourth-order valence-corrected chi connectivity index (χ4v) is 3.07. The largest absolute Gasteiger partial charge is 0.271 e. The van der Waals surface area contributed by atoms with Gasteiger partial charge in [-0.25, -0.2) is 9.91 Å². The third kappa shape index (κ3) is 2.03. The number of fused-ring (bicyclic) bond motifs is 1. The maximum atomic E-state index is 12.9. The van der Waals surface area contributed by atoms with Gasteiger partial charge in [-0.3, -0.25) is 9.59 Å². The molecule has 0 N–H and O–H groups in total. The number of carbonyl (C=O) groups excluding carboxylic acids is 2. The second-order valence-corrected chi connectivity index (χ2v) is 6.06. The fraction of sp³-hybridized carbons (Fsp3) is 0.222. The van der Waals surface area contributed by atoms with E-state index in [1.165, 1.54) is 9.91 Å². The fourth-order valence-electron chi connectivity index (χ4n) is 3.07. The predicted molar refractivity (Wildman–Crippen MR) is 89.8 cm³/mol. The maximum Gasteiger partial charge on any atom is 0.263 e. The van der Waals surface area contributed by atoms with Crippen LogP contribution in [0.5, 0.6) is 0 Å². The first-order chi connectivity index (χ1) is 11.6. The average Bonchev–Trinajstić information content (AvgIpc) is 3.12. The van der Waals surface area contributed by atoms with Gasteiger partial charge in [-0.05, 0) is 49.2 Å². The molecule has 0 aromatic heterocycles. The molecule has 2 amide bonds. The Kier molecular flexibility index (Phi) is 3.19. The number of anilines is 2. The lowest BCUT2D eigenvalue weighted by molar-refractivity contribution is -0.121. The van der Waals surface area contributed by atoms with Gasteiger partial charge in [0.2, 0.25) is 0 Å². The summed E-state index contributed by atoms with van der Waals surface area (Å²) in [6.07, 6.45) is 0. The summed E-state index contributed by atoms with van der Waals surface area (Å²) in [5.74, 6) is -0.613. The number of hydrogen-bond acceptors (Lipinski definition) is 5. The minimum Gasteiger partial charge on any atom is -0.271 e. The van der Waals surface area contributed by atoms with Crippen LogP contribution in [0, 0.1) is 13.8 Å². The first kappa shape index (κ1) is 14.6. The molecule has 0 unspecified atom stereocenters. The number of rotatable bonds is 2. The van der Waals surface area contributed by atoms with Crippen molar-refractivity contribution in [2.45, 2.75) is 25.9 Å². The summed E-state index contributed by atoms with van der Waals surface area (Å²) in [7, 11) is 0.